The van der Waals surface area contributed by atoms with Crippen LogP contribution >= 0.6 is 0 Å². The Morgan fingerprint density at radius 2 is 2.06 bits per heavy atom. The first kappa shape index (κ1) is 13.3. The van der Waals surface area contributed by atoms with Gasteiger partial charge in [0.1, 0.15) is 5.82 Å². The summed E-state index contributed by atoms with van der Waals surface area (Å²) in [5.41, 5.74) is -0.0688. The van der Waals surface area contributed by atoms with E-state index in [4.69, 9.17) is 4.74 Å². The van der Waals surface area contributed by atoms with Gasteiger partial charge in [-0.3, -0.25) is 4.79 Å². The van der Waals surface area contributed by atoms with Crippen molar-refractivity contribution in [1.29, 1.82) is 0 Å². The van der Waals surface area contributed by atoms with Crippen molar-refractivity contribution in [3.05, 3.63) is 35.1 Å². The van der Waals surface area contributed by atoms with Crippen molar-refractivity contribution in [2.24, 2.45) is 0 Å². The zero-order chi connectivity index (χ0) is 12.8. The normalized spacial score (nSPS) is 10.1. The van der Waals surface area contributed by atoms with Gasteiger partial charge in [-0.15, -0.1) is 0 Å². The number of carbonyl (C=O) groups excluding carboxylic acids is 2. The summed E-state index contributed by atoms with van der Waals surface area (Å²) in [6.45, 7) is 1.68. The van der Waals surface area contributed by atoms with Crippen molar-refractivity contribution < 1.29 is 23.5 Å². The van der Waals surface area contributed by atoms with Gasteiger partial charge in [-0.2, -0.15) is 0 Å². The molecule has 0 fully saturated rings. The summed E-state index contributed by atoms with van der Waals surface area (Å²) in [5, 5.41) is 0. The first-order chi connectivity index (χ1) is 8.11. The lowest BCUT2D eigenvalue weighted by Gasteiger charge is -2.06. The minimum Gasteiger partial charge on any atom is -0.460 e. The predicted molar refractivity (Wildman–Crippen MR) is 58.1 cm³/mol. The molecule has 0 atom stereocenters. The number of ketones is 1. The van der Waals surface area contributed by atoms with E-state index in [0.717, 1.165) is 0 Å². The Balaban J connectivity index is 3.02. The van der Waals surface area contributed by atoms with Crippen LogP contribution in [0.3, 0.4) is 0 Å². The lowest BCUT2D eigenvalue weighted by molar-refractivity contribution is -0.137. The monoisotopic (exact) mass is 240 g/mol. The lowest BCUT2D eigenvalue weighted by atomic mass is 10.1. The molecule has 0 aliphatic heterocycles. The third-order valence-electron chi connectivity index (χ3n) is 2.08. The van der Waals surface area contributed by atoms with Crippen molar-refractivity contribution in [1.82, 2.24) is 0 Å². The molecule has 0 aliphatic rings. The molecule has 0 radical (unpaired) electrons. The van der Waals surface area contributed by atoms with Crippen molar-refractivity contribution in [2.75, 3.05) is 13.7 Å². The van der Waals surface area contributed by atoms with Gasteiger partial charge in [0.05, 0.1) is 18.8 Å². The second-order valence-corrected chi connectivity index (χ2v) is 3.26. The first-order valence-electron chi connectivity index (χ1n) is 5.09. The number of methoxy groups -OCH3 is 1. The smallest absolute Gasteiger partial charge is 0.379 e. The molecule has 1 rings (SSSR count). The van der Waals surface area contributed by atoms with Crippen LogP contribution in [0, 0.1) is 5.82 Å². The van der Waals surface area contributed by atoms with Crippen molar-refractivity contribution in [3.8, 4) is 0 Å². The molecule has 0 saturated heterocycles. The molecule has 0 amide bonds. The number of Topliss-reactive ketones (excluding diaryl/α,β-unsaturated/α-hetero) is 1. The average molecular weight is 240 g/mol. The van der Waals surface area contributed by atoms with Crippen LogP contribution < -0.4 is 0 Å². The van der Waals surface area contributed by atoms with Gasteiger partial charge < -0.3 is 9.47 Å². The van der Waals surface area contributed by atoms with Gasteiger partial charge in [0, 0.05) is 12.7 Å². The second kappa shape index (κ2) is 6.10. The average Bonchev–Trinajstić information content (AvgIpc) is 2.31. The number of hydrogen-bond donors (Lipinski definition) is 0. The van der Waals surface area contributed by atoms with Gasteiger partial charge in [0.2, 0.25) is 0 Å². The first-order valence-corrected chi connectivity index (χ1v) is 5.09. The fourth-order valence-corrected chi connectivity index (χ4v) is 1.33. The topological polar surface area (TPSA) is 52.6 Å². The highest BCUT2D eigenvalue weighted by Crippen LogP contribution is 2.15. The Kier molecular flexibility index (Phi) is 4.78. The van der Waals surface area contributed by atoms with Crippen LogP contribution in [0.15, 0.2) is 18.2 Å². The van der Waals surface area contributed by atoms with Crippen LogP contribution in [0.1, 0.15) is 22.8 Å². The molecule has 1 aromatic carbocycles. The molecule has 0 aliphatic carbocycles. The van der Waals surface area contributed by atoms with E-state index in [1.807, 2.05) is 0 Å². The number of carbonyl (C=O) groups is 2. The van der Waals surface area contributed by atoms with Crippen LogP contribution in [-0.2, 0) is 20.9 Å². The maximum Gasteiger partial charge on any atom is 0.379 e. The molecule has 4 nitrogen and oxygen atoms in total. The molecule has 0 aromatic heterocycles. The minimum absolute atomic E-state index is 0.0375. The Labute approximate surface area is 98.3 Å². The zero-order valence-corrected chi connectivity index (χ0v) is 9.66. The fraction of sp³-hybridized carbons (Fsp3) is 0.333. The van der Waals surface area contributed by atoms with Gasteiger partial charge in [-0.05, 0) is 13.0 Å². The van der Waals surface area contributed by atoms with Crippen molar-refractivity contribution >= 4 is 11.8 Å². The van der Waals surface area contributed by atoms with Gasteiger partial charge in [-0.25, -0.2) is 9.18 Å². The standard InChI is InChI=1S/C12H13FO4/c1-3-17-12(15)11(14)9-6-4-5-8(7-16-2)10(9)13/h4-6H,3,7H2,1-2H3. The number of esters is 1. The minimum atomic E-state index is -1.05. The summed E-state index contributed by atoms with van der Waals surface area (Å²) in [5.74, 6) is -2.78. The van der Waals surface area contributed by atoms with E-state index in [1.54, 1.807) is 6.92 Å². The SMILES string of the molecule is CCOC(=O)C(=O)c1cccc(COC)c1F. The van der Waals surface area contributed by atoms with Crippen LogP contribution in [0.2, 0.25) is 0 Å². The number of halogens is 1. The molecular formula is C12H13FO4. The van der Waals surface area contributed by atoms with E-state index in [9.17, 15) is 14.0 Å². The maximum atomic E-state index is 13.8. The second-order valence-electron chi connectivity index (χ2n) is 3.26. The molecular weight excluding hydrogens is 227 g/mol. The molecule has 0 saturated carbocycles. The molecule has 0 N–H and O–H groups in total. The van der Waals surface area contributed by atoms with Gasteiger partial charge in [0.25, 0.3) is 5.78 Å². The highest BCUT2D eigenvalue weighted by molar-refractivity contribution is 6.40. The molecule has 92 valence electrons. The number of rotatable bonds is 5. The maximum absolute atomic E-state index is 13.8. The van der Waals surface area contributed by atoms with Gasteiger partial charge in [-0.1, -0.05) is 12.1 Å². The van der Waals surface area contributed by atoms with Gasteiger partial charge in [0.15, 0.2) is 0 Å². The Morgan fingerprint density at radius 3 is 2.65 bits per heavy atom. The Morgan fingerprint density at radius 1 is 1.35 bits per heavy atom. The van der Waals surface area contributed by atoms with Crippen molar-refractivity contribution in [3.63, 3.8) is 0 Å². The summed E-state index contributed by atoms with van der Waals surface area (Å²) in [6, 6.07) is 4.22. The molecule has 0 unspecified atom stereocenters. The van der Waals surface area contributed by atoms with Crippen LogP contribution in [0.4, 0.5) is 4.39 Å². The Hall–Kier alpha value is -1.75. The van der Waals surface area contributed by atoms with Crippen molar-refractivity contribution in [2.45, 2.75) is 13.5 Å². The third kappa shape index (κ3) is 3.10. The predicted octanol–water partition coefficient (Wildman–Crippen LogP) is 1.72. The van der Waals surface area contributed by atoms with E-state index >= 15 is 0 Å². The third-order valence-corrected chi connectivity index (χ3v) is 2.08. The van der Waals surface area contributed by atoms with Crippen LogP contribution in [0.25, 0.3) is 0 Å². The van der Waals surface area contributed by atoms with Gasteiger partial charge >= 0.3 is 5.97 Å². The van der Waals surface area contributed by atoms with E-state index in [1.165, 1.54) is 25.3 Å². The fourth-order valence-electron chi connectivity index (χ4n) is 1.33. The number of benzene rings is 1. The molecule has 5 heteroatoms. The molecule has 0 heterocycles. The summed E-state index contributed by atoms with van der Waals surface area (Å²) >= 11 is 0. The summed E-state index contributed by atoms with van der Waals surface area (Å²) in [7, 11) is 1.42. The molecule has 1 aromatic rings. The highest BCUT2D eigenvalue weighted by atomic mass is 19.1. The Bertz CT molecular complexity index is 429. The van der Waals surface area contributed by atoms with E-state index in [0.29, 0.717) is 0 Å². The number of hydrogen-bond acceptors (Lipinski definition) is 4. The van der Waals surface area contributed by atoms with Crippen LogP contribution in [0.5, 0.6) is 0 Å². The summed E-state index contributed by atoms with van der Waals surface area (Å²) in [6.07, 6.45) is 0. The number of ether oxygens (including phenoxy) is 2. The van der Waals surface area contributed by atoms with E-state index in [2.05, 4.69) is 4.74 Å². The summed E-state index contributed by atoms with van der Waals surface area (Å²) in [4.78, 5) is 22.8. The highest BCUT2D eigenvalue weighted by Gasteiger charge is 2.22. The largest absolute Gasteiger partial charge is 0.460 e. The molecule has 0 bridgehead atoms. The van der Waals surface area contributed by atoms with Crippen LogP contribution in [-0.4, -0.2) is 25.5 Å². The molecule has 17 heavy (non-hydrogen) atoms. The van der Waals surface area contributed by atoms with E-state index in [-0.39, 0.29) is 24.3 Å². The molecule has 0 spiro atoms. The lowest BCUT2D eigenvalue weighted by Crippen LogP contribution is -2.19. The zero-order valence-electron chi connectivity index (χ0n) is 9.66. The summed E-state index contributed by atoms with van der Waals surface area (Å²) < 4.78 is 23.1. The van der Waals surface area contributed by atoms with E-state index < -0.39 is 17.6 Å². The quantitative estimate of drug-likeness (QED) is 0.446.